The number of amides is 3. The molecule has 5 rings (SSSR count). The molecule has 0 unspecified atom stereocenters. The molecule has 1 aliphatic carbocycles. The molecule has 1 saturated heterocycles. The minimum absolute atomic E-state index is 0.0298. The van der Waals surface area contributed by atoms with Crippen LogP contribution in [0.2, 0.25) is 5.02 Å². The van der Waals surface area contributed by atoms with Gasteiger partial charge in [0.2, 0.25) is 5.91 Å². The monoisotopic (exact) mass is 520 g/mol. The molecule has 8 nitrogen and oxygen atoms in total. The lowest BCUT2D eigenvalue weighted by Gasteiger charge is -2.32. The van der Waals surface area contributed by atoms with E-state index < -0.39 is 0 Å². The fourth-order valence-electron chi connectivity index (χ4n) is 4.65. The molecule has 37 heavy (non-hydrogen) atoms. The van der Waals surface area contributed by atoms with Crippen LogP contribution in [0.4, 0.5) is 10.5 Å². The first-order chi connectivity index (χ1) is 17.9. The Morgan fingerprint density at radius 1 is 1.11 bits per heavy atom. The molecule has 0 spiro atoms. The van der Waals surface area contributed by atoms with Crippen molar-refractivity contribution < 1.29 is 19.1 Å². The molecule has 2 aromatic carbocycles. The number of methoxy groups -OCH3 is 1. The van der Waals surface area contributed by atoms with Gasteiger partial charge in [0.1, 0.15) is 17.2 Å². The first-order valence-corrected chi connectivity index (χ1v) is 12.8. The average molecular weight is 521 g/mol. The number of piperidine rings is 1. The minimum Gasteiger partial charge on any atom is -0.496 e. The summed E-state index contributed by atoms with van der Waals surface area (Å²) in [6, 6.07) is 10.9. The Balaban J connectivity index is 1.35. The number of aromatic nitrogens is 1. The van der Waals surface area contributed by atoms with Crippen molar-refractivity contribution in [3.8, 4) is 17.2 Å². The minimum atomic E-state index is -0.265. The number of hydrogen-bond acceptors (Lipinski definition) is 5. The second-order valence-corrected chi connectivity index (χ2v) is 9.75. The normalized spacial score (nSPS) is 15.8. The summed E-state index contributed by atoms with van der Waals surface area (Å²) in [5.74, 6) is 2.14. The van der Waals surface area contributed by atoms with Crippen molar-refractivity contribution in [3.05, 3.63) is 65.8 Å². The lowest BCUT2D eigenvalue weighted by molar-refractivity contribution is -0.127. The summed E-state index contributed by atoms with van der Waals surface area (Å²) in [6.45, 7) is 4.95. The van der Waals surface area contributed by atoms with Crippen molar-refractivity contribution in [1.29, 1.82) is 0 Å². The molecule has 2 N–H and O–H groups in total. The van der Waals surface area contributed by atoms with Gasteiger partial charge in [-0.2, -0.15) is 0 Å². The number of pyridine rings is 1. The molecule has 2 aliphatic rings. The van der Waals surface area contributed by atoms with Gasteiger partial charge in [0.15, 0.2) is 0 Å². The van der Waals surface area contributed by atoms with E-state index in [1.54, 1.807) is 37.6 Å². The van der Waals surface area contributed by atoms with Crippen molar-refractivity contribution in [2.75, 3.05) is 25.5 Å². The number of benzene rings is 2. The van der Waals surface area contributed by atoms with Crippen molar-refractivity contribution in [2.24, 2.45) is 0 Å². The first-order valence-electron chi connectivity index (χ1n) is 12.4. The zero-order valence-electron chi connectivity index (χ0n) is 20.6. The summed E-state index contributed by atoms with van der Waals surface area (Å²) in [4.78, 5) is 30.4. The summed E-state index contributed by atoms with van der Waals surface area (Å²) < 4.78 is 11.9. The Morgan fingerprint density at radius 2 is 1.89 bits per heavy atom. The standard InChI is InChI=1S/C28H29ClN4O4/c1-3-27(34)33-12-9-17(10-13-33)20-15-24-21(16-26(20)36-2)25(8-11-30-24)37-19-6-7-23(22(29)14-19)32-28(35)31-18-4-5-18/h3,6-8,11,14-18H,1,4-5,9-10,12-13H2,2H3,(H2,31,32,35). The summed E-state index contributed by atoms with van der Waals surface area (Å²) in [6.07, 6.45) is 6.78. The van der Waals surface area contributed by atoms with Crippen LogP contribution in [0.1, 0.15) is 37.2 Å². The molecule has 1 aliphatic heterocycles. The highest BCUT2D eigenvalue weighted by molar-refractivity contribution is 6.33. The maximum absolute atomic E-state index is 12.0. The topological polar surface area (TPSA) is 92.8 Å². The van der Waals surface area contributed by atoms with Gasteiger partial charge in [0, 0.05) is 36.8 Å². The van der Waals surface area contributed by atoms with Gasteiger partial charge in [-0.15, -0.1) is 0 Å². The highest BCUT2D eigenvalue weighted by atomic mass is 35.5. The number of hydrogen-bond donors (Lipinski definition) is 2. The van der Waals surface area contributed by atoms with E-state index in [1.165, 1.54) is 6.08 Å². The van der Waals surface area contributed by atoms with Crippen molar-refractivity contribution in [3.63, 3.8) is 0 Å². The van der Waals surface area contributed by atoms with Crippen LogP contribution in [0.25, 0.3) is 10.9 Å². The van der Waals surface area contributed by atoms with Crippen LogP contribution >= 0.6 is 11.6 Å². The van der Waals surface area contributed by atoms with E-state index in [2.05, 4.69) is 28.3 Å². The number of fused-ring (bicyclic) bond motifs is 1. The second-order valence-electron chi connectivity index (χ2n) is 9.34. The number of nitrogens with zero attached hydrogens (tertiary/aromatic N) is 2. The van der Waals surface area contributed by atoms with Gasteiger partial charge in [-0.1, -0.05) is 18.2 Å². The van der Waals surface area contributed by atoms with Crippen LogP contribution in [0.15, 0.2) is 55.3 Å². The summed E-state index contributed by atoms with van der Waals surface area (Å²) in [5.41, 5.74) is 2.38. The fourth-order valence-corrected chi connectivity index (χ4v) is 4.87. The number of ether oxygens (including phenoxy) is 2. The van der Waals surface area contributed by atoms with Gasteiger partial charge in [-0.25, -0.2) is 4.79 Å². The van der Waals surface area contributed by atoms with Gasteiger partial charge in [0.05, 0.1) is 23.3 Å². The van der Waals surface area contributed by atoms with Gasteiger partial charge < -0.3 is 25.0 Å². The molecule has 2 heterocycles. The lowest BCUT2D eigenvalue weighted by Crippen LogP contribution is -2.36. The average Bonchev–Trinajstić information content (AvgIpc) is 3.73. The van der Waals surface area contributed by atoms with E-state index in [4.69, 9.17) is 21.1 Å². The summed E-state index contributed by atoms with van der Waals surface area (Å²) >= 11 is 6.42. The number of carbonyl (C=O) groups is 2. The predicted molar refractivity (Wildman–Crippen MR) is 144 cm³/mol. The number of halogens is 1. The van der Waals surface area contributed by atoms with Crippen LogP contribution in [-0.4, -0.2) is 48.1 Å². The Morgan fingerprint density at radius 3 is 2.57 bits per heavy atom. The van der Waals surface area contributed by atoms with Gasteiger partial charge in [-0.3, -0.25) is 9.78 Å². The van der Waals surface area contributed by atoms with Gasteiger partial charge in [0.25, 0.3) is 0 Å². The number of urea groups is 1. The Bertz CT molecular complexity index is 1350. The quantitative estimate of drug-likeness (QED) is 0.380. The molecular weight excluding hydrogens is 492 g/mol. The summed E-state index contributed by atoms with van der Waals surface area (Å²) in [7, 11) is 1.66. The Labute approximate surface area is 220 Å². The van der Waals surface area contributed by atoms with Crippen molar-refractivity contribution in [1.82, 2.24) is 15.2 Å². The molecule has 1 aromatic heterocycles. The SMILES string of the molecule is C=CC(=O)N1CCC(c2cc3nccc(Oc4ccc(NC(=O)NC5CC5)c(Cl)c4)c3cc2OC)CC1. The molecule has 192 valence electrons. The van der Waals surface area contributed by atoms with Crippen LogP contribution in [0, 0.1) is 0 Å². The van der Waals surface area contributed by atoms with Crippen LogP contribution < -0.4 is 20.1 Å². The molecule has 0 radical (unpaired) electrons. The summed E-state index contributed by atoms with van der Waals surface area (Å²) in [5, 5.41) is 6.84. The molecule has 0 bridgehead atoms. The molecular formula is C28H29ClN4O4. The number of rotatable bonds is 7. The Hall–Kier alpha value is -3.78. The predicted octanol–water partition coefficient (Wildman–Crippen LogP) is 5.87. The Kier molecular flexibility index (Phi) is 7.19. The van der Waals surface area contributed by atoms with E-state index in [0.717, 1.165) is 47.9 Å². The van der Waals surface area contributed by atoms with E-state index in [-0.39, 0.29) is 23.9 Å². The van der Waals surface area contributed by atoms with Crippen LogP contribution in [-0.2, 0) is 4.79 Å². The molecule has 9 heteroatoms. The van der Waals surface area contributed by atoms with Crippen molar-refractivity contribution >= 4 is 40.1 Å². The lowest BCUT2D eigenvalue weighted by atomic mass is 9.88. The maximum atomic E-state index is 12.0. The first kappa shape index (κ1) is 24.9. The number of anilines is 1. The van der Waals surface area contributed by atoms with Gasteiger partial charge >= 0.3 is 6.03 Å². The molecule has 1 saturated carbocycles. The van der Waals surface area contributed by atoms with E-state index in [0.29, 0.717) is 35.3 Å². The van der Waals surface area contributed by atoms with E-state index >= 15 is 0 Å². The van der Waals surface area contributed by atoms with Crippen LogP contribution in [0.5, 0.6) is 17.2 Å². The van der Waals surface area contributed by atoms with Crippen molar-refractivity contribution in [2.45, 2.75) is 37.6 Å². The largest absolute Gasteiger partial charge is 0.496 e. The third-order valence-corrected chi connectivity index (χ3v) is 7.12. The van der Waals surface area contributed by atoms with Gasteiger partial charge in [-0.05, 0) is 73.6 Å². The number of likely N-dealkylation sites (tertiary alicyclic amines) is 1. The highest BCUT2D eigenvalue weighted by Gasteiger charge is 2.26. The molecule has 2 fully saturated rings. The molecule has 0 atom stereocenters. The molecule has 3 amide bonds. The zero-order chi connectivity index (χ0) is 25.9. The smallest absolute Gasteiger partial charge is 0.319 e. The zero-order valence-corrected chi connectivity index (χ0v) is 21.4. The van der Waals surface area contributed by atoms with E-state index in [1.807, 2.05) is 11.0 Å². The van der Waals surface area contributed by atoms with Crippen LogP contribution in [0.3, 0.4) is 0 Å². The fraction of sp³-hybridized carbons (Fsp3) is 0.321. The number of carbonyl (C=O) groups excluding carboxylic acids is 2. The molecule has 3 aromatic rings. The number of nitrogens with one attached hydrogen (secondary N) is 2. The third-order valence-electron chi connectivity index (χ3n) is 6.80. The van der Waals surface area contributed by atoms with E-state index in [9.17, 15) is 9.59 Å². The second kappa shape index (κ2) is 10.7. The highest BCUT2D eigenvalue weighted by Crippen LogP contribution is 2.40. The maximum Gasteiger partial charge on any atom is 0.319 e. The third kappa shape index (κ3) is 5.64.